The number of pyridine rings is 1. The fraction of sp³-hybridized carbons (Fsp3) is 0.231. The van der Waals surface area contributed by atoms with Gasteiger partial charge in [-0.2, -0.15) is 5.26 Å². The van der Waals surface area contributed by atoms with E-state index in [1.54, 1.807) is 6.20 Å². The lowest BCUT2D eigenvalue weighted by atomic mass is 10.3. The Balaban J connectivity index is 2.21. The van der Waals surface area contributed by atoms with Crippen LogP contribution in [0.15, 0.2) is 30.5 Å². The number of hydrogen-bond acceptors (Lipinski definition) is 5. The second-order valence-corrected chi connectivity index (χ2v) is 4.85. The monoisotopic (exact) mass is 258 g/mol. The number of hydrogen-bond donors (Lipinski definition) is 1. The quantitative estimate of drug-likeness (QED) is 0.915. The molecule has 0 fully saturated rings. The summed E-state index contributed by atoms with van der Waals surface area (Å²) in [6.45, 7) is 3.65. The molecule has 0 amide bonds. The van der Waals surface area contributed by atoms with Crippen molar-refractivity contribution in [1.29, 1.82) is 5.26 Å². The molecule has 0 aliphatic heterocycles. The lowest BCUT2D eigenvalue weighted by Crippen LogP contribution is -2.21. The van der Waals surface area contributed by atoms with E-state index in [0.29, 0.717) is 10.6 Å². The van der Waals surface area contributed by atoms with E-state index in [1.165, 1.54) is 11.3 Å². The first kappa shape index (κ1) is 12.4. The van der Waals surface area contributed by atoms with Crippen LogP contribution < -0.4 is 10.6 Å². The molecule has 5 heteroatoms. The van der Waals surface area contributed by atoms with E-state index in [9.17, 15) is 0 Å². The third-order valence-electron chi connectivity index (χ3n) is 2.62. The van der Waals surface area contributed by atoms with Gasteiger partial charge in [-0.1, -0.05) is 6.07 Å². The first-order chi connectivity index (χ1) is 8.74. The number of aromatic nitrogens is 1. The van der Waals surface area contributed by atoms with Crippen LogP contribution in [0.3, 0.4) is 0 Å². The van der Waals surface area contributed by atoms with Gasteiger partial charge in [0, 0.05) is 12.7 Å². The Morgan fingerprint density at radius 2 is 2.33 bits per heavy atom. The number of anilines is 2. The summed E-state index contributed by atoms with van der Waals surface area (Å²) in [7, 11) is 0. The van der Waals surface area contributed by atoms with Crippen LogP contribution in [0.5, 0.6) is 0 Å². The van der Waals surface area contributed by atoms with E-state index in [-0.39, 0.29) is 0 Å². The van der Waals surface area contributed by atoms with E-state index in [1.807, 2.05) is 24.3 Å². The molecule has 0 saturated heterocycles. The summed E-state index contributed by atoms with van der Waals surface area (Å²) in [5.41, 5.74) is 7.34. The molecule has 0 aromatic carbocycles. The first-order valence-electron chi connectivity index (χ1n) is 5.69. The largest absolute Gasteiger partial charge is 0.397 e. The van der Waals surface area contributed by atoms with Gasteiger partial charge in [0.2, 0.25) is 0 Å². The Bertz CT molecular complexity index is 556. The topological polar surface area (TPSA) is 65.9 Å². The molecule has 0 spiro atoms. The smallest absolute Gasteiger partial charge is 0.129 e. The Morgan fingerprint density at radius 3 is 2.89 bits per heavy atom. The van der Waals surface area contributed by atoms with Crippen molar-refractivity contribution in [3.63, 3.8) is 0 Å². The van der Waals surface area contributed by atoms with Crippen molar-refractivity contribution >= 4 is 22.0 Å². The van der Waals surface area contributed by atoms with Gasteiger partial charge >= 0.3 is 0 Å². The molecule has 2 heterocycles. The predicted octanol–water partition coefficient (Wildman–Crippen LogP) is 2.62. The molecule has 0 atom stereocenters. The fourth-order valence-corrected chi connectivity index (χ4v) is 2.61. The van der Waals surface area contributed by atoms with E-state index in [4.69, 9.17) is 11.0 Å². The van der Waals surface area contributed by atoms with Gasteiger partial charge in [0.05, 0.1) is 22.9 Å². The highest BCUT2D eigenvalue weighted by Gasteiger charge is 2.12. The lowest BCUT2D eigenvalue weighted by Gasteiger charge is -2.20. The number of rotatable bonds is 4. The van der Waals surface area contributed by atoms with Gasteiger partial charge in [0.1, 0.15) is 10.9 Å². The van der Waals surface area contributed by atoms with Crippen molar-refractivity contribution < 1.29 is 0 Å². The Hall–Kier alpha value is -2.06. The maximum atomic E-state index is 8.93. The molecule has 2 aromatic rings. The highest BCUT2D eigenvalue weighted by Crippen LogP contribution is 2.32. The molecule has 0 unspecified atom stereocenters. The maximum absolute atomic E-state index is 8.93. The van der Waals surface area contributed by atoms with Crippen LogP contribution in [-0.2, 0) is 6.54 Å². The van der Waals surface area contributed by atoms with Gasteiger partial charge in [-0.15, -0.1) is 11.3 Å². The summed E-state index contributed by atoms with van der Waals surface area (Å²) in [6, 6.07) is 9.83. The van der Waals surface area contributed by atoms with Crippen molar-refractivity contribution in [2.45, 2.75) is 13.5 Å². The molecule has 0 radical (unpaired) electrons. The minimum atomic E-state index is 0.553. The molecule has 92 valence electrons. The normalized spacial score (nSPS) is 10.0. The number of thiophene rings is 1. The summed E-state index contributed by atoms with van der Waals surface area (Å²) < 4.78 is 0. The molecular formula is C13H14N4S. The molecule has 0 aliphatic rings. The third kappa shape index (κ3) is 2.60. The summed E-state index contributed by atoms with van der Waals surface area (Å²) in [5, 5.41) is 9.94. The summed E-state index contributed by atoms with van der Waals surface area (Å²) in [6.07, 6.45) is 1.78. The van der Waals surface area contributed by atoms with Crippen LogP contribution in [0, 0.1) is 11.3 Å². The molecule has 2 N–H and O–H groups in total. The zero-order valence-electron chi connectivity index (χ0n) is 10.1. The van der Waals surface area contributed by atoms with Gasteiger partial charge in [-0.05, 0) is 25.1 Å². The van der Waals surface area contributed by atoms with Gasteiger partial charge in [-0.25, -0.2) is 0 Å². The number of nitriles is 1. The van der Waals surface area contributed by atoms with Crippen LogP contribution >= 0.6 is 11.3 Å². The lowest BCUT2D eigenvalue weighted by molar-refractivity contribution is 0.818. The average molecular weight is 258 g/mol. The second-order valence-electron chi connectivity index (χ2n) is 3.82. The van der Waals surface area contributed by atoms with E-state index < -0.39 is 0 Å². The molecule has 18 heavy (non-hydrogen) atoms. The van der Waals surface area contributed by atoms with Crippen LogP contribution in [0.1, 0.15) is 17.5 Å². The highest BCUT2D eigenvalue weighted by atomic mass is 32.1. The average Bonchev–Trinajstić information content (AvgIpc) is 2.78. The summed E-state index contributed by atoms with van der Waals surface area (Å²) >= 11 is 1.42. The van der Waals surface area contributed by atoms with Gasteiger partial charge in [-0.3, -0.25) is 4.98 Å². The van der Waals surface area contributed by atoms with Gasteiger partial charge in [0.25, 0.3) is 0 Å². The maximum Gasteiger partial charge on any atom is 0.129 e. The molecule has 0 saturated carbocycles. The molecule has 2 rings (SSSR count). The first-order valence-corrected chi connectivity index (χ1v) is 6.50. The zero-order valence-corrected chi connectivity index (χ0v) is 10.9. The molecular weight excluding hydrogens is 244 g/mol. The standard InChI is InChI=1S/C13H14N4S/c1-2-17(9-10-5-3-4-6-16-10)13-7-11(15)12(8-14)18-13/h3-7H,2,9,15H2,1H3. The molecule has 0 bridgehead atoms. The Morgan fingerprint density at radius 1 is 1.50 bits per heavy atom. The Kier molecular flexibility index (Phi) is 3.80. The van der Waals surface area contributed by atoms with Crippen molar-refractivity contribution in [2.24, 2.45) is 0 Å². The van der Waals surface area contributed by atoms with Crippen molar-refractivity contribution in [1.82, 2.24) is 4.98 Å². The van der Waals surface area contributed by atoms with Crippen LogP contribution in [0.4, 0.5) is 10.7 Å². The summed E-state index contributed by atoms with van der Waals surface area (Å²) in [5.74, 6) is 0. The minimum absolute atomic E-state index is 0.553. The third-order valence-corrected chi connectivity index (χ3v) is 3.74. The minimum Gasteiger partial charge on any atom is -0.397 e. The zero-order chi connectivity index (χ0) is 13.0. The van der Waals surface area contributed by atoms with Crippen molar-refractivity contribution in [3.05, 3.63) is 41.0 Å². The summed E-state index contributed by atoms with van der Waals surface area (Å²) in [4.78, 5) is 7.04. The number of nitrogens with zero attached hydrogens (tertiary/aromatic N) is 3. The second kappa shape index (κ2) is 5.52. The van der Waals surface area contributed by atoms with Crippen molar-refractivity contribution in [2.75, 3.05) is 17.2 Å². The van der Waals surface area contributed by atoms with E-state index in [2.05, 4.69) is 22.9 Å². The highest BCUT2D eigenvalue weighted by molar-refractivity contribution is 7.17. The molecule has 0 aliphatic carbocycles. The van der Waals surface area contributed by atoms with Crippen LogP contribution in [0.25, 0.3) is 0 Å². The number of nitrogens with two attached hydrogens (primary N) is 1. The molecule has 4 nitrogen and oxygen atoms in total. The molecule has 2 aromatic heterocycles. The fourth-order valence-electron chi connectivity index (χ4n) is 1.67. The van der Waals surface area contributed by atoms with E-state index in [0.717, 1.165) is 23.8 Å². The van der Waals surface area contributed by atoms with Gasteiger partial charge in [0.15, 0.2) is 0 Å². The Labute approximate surface area is 110 Å². The van der Waals surface area contributed by atoms with Crippen LogP contribution in [-0.4, -0.2) is 11.5 Å². The van der Waals surface area contributed by atoms with Crippen molar-refractivity contribution in [3.8, 4) is 6.07 Å². The van der Waals surface area contributed by atoms with Gasteiger partial charge < -0.3 is 10.6 Å². The van der Waals surface area contributed by atoms with E-state index >= 15 is 0 Å². The predicted molar refractivity (Wildman–Crippen MR) is 74.4 cm³/mol. The van der Waals surface area contributed by atoms with Crippen LogP contribution in [0.2, 0.25) is 0 Å². The number of nitrogen functional groups attached to an aromatic ring is 1. The SMILES string of the molecule is CCN(Cc1ccccn1)c1cc(N)c(C#N)s1.